The van der Waals surface area contributed by atoms with Gasteiger partial charge in [0.15, 0.2) is 0 Å². The average molecular weight is 293 g/mol. The highest BCUT2D eigenvalue weighted by atomic mass is 16.6. The molecule has 0 saturated heterocycles. The minimum Gasteiger partial charge on any atom is -0.335 e. The Morgan fingerprint density at radius 1 is 1.05 bits per heavy atom. The Morgan fingerprint density at radius 2 is 1.71 bits per heavy atom. The maximum absolute atomic E-state index is 5.56. The lowest BCUT2D eigenvalue weighted by molar-refractivity contribution is 0.285. The van der Waals surface area contributed by atoms with E-state index in [2.05, 4.69) is 17.4 Å². The lowest BCUT2D eigenvalue weighted by atomic mass is 9.95. The van der Waals surface area contributed by atoms with Crippen molar-refractivity contribution in [1.82, 2.24) is 5.32 Å². The van der Waals surface area contributed by atoms with Gasteiger partial charge in [-0.3, -0.25) is 0 Å². The number of nitrogens with one attached hydrogen (secondary N) is 1. The van der Waals surface area contributed by atoms with Gasteiger partial charge >= 0.3 is 6.02 Å². The summed E-state index contributed by atoms with van der Waals surface area (Å²) in [6, 6.07) is 1.59. The summed E-state index contributed by atoms with van der Waals surface area (Å²) in [7, 11) is 0. The molecule has 0 heterocycles. The summed E-state index contributed by atoms with van der Waals surface area (Å²) in [6.07, 6.45) is 16.7. The third-order valence-electron chi connectivity index (χ3n) is 4.44. The van der Waals surface area contributed by atoms with Crippen molar-refractivity contribution < 1.29 is 4.84 Å². The smallest absolute Gasteiger partial charge is 0.315 e. The normalized spacial score (nSPS) is 22.6. The van der Waals surface area contributed by atoms with Crippen LogP contribution in [0.15, 0.2) is 10.1 Å². The van der Waals surface area contributed by atoms with Crippen LogP contribution < -0.4 is 5.32 Å². The molecule has 0 atom stereocenters. The molecule has 0 aromatic rings. The molecule has 0 aromatic heterocycles. The van der Waals surface area contributed by atoms with E-state index in [4.69, 9.17) is 9.83 Å². The second-order valence-corrected chi connectivity index (χ2v) is 6.37. The van der Waals surface area contributed by atoms with Crippen molar-refractivity contribution in [3.63, 3.8) is 0 Å². The van der Waals surface area contributed by atoms with Crippen molar-refractivity contribution in [2.75, 3.05) is 0 Å². The number of nitrogens with zero attached hydrogens (tertiary/aromatic N) is 2. The summed E-state index contributed by atoms with van der Waals surface area (Å²) in [6.45, 7) is 2.14. The van der Waals surface area contributed by atoms with Gasteiger partial charge in [0.25, 0.3) is 0 Å². The first-order valence-electron chi connectivity index (χ1n) is 8.91. The predicted octanol–water partition coefficient (Wildman–Crippen LogP) is 4.40. The van der Waals surface area contributed by atoms with Crippen LogP contribution in [0.5, 0.6) is 0 Å². The molecule has 0 unspecified atom stereocenters. The number of aliphatic imine (C=N–C) groups is 1. The number of rotatable bonds is 5. The van der Waals surface area contributed by atoms with Gasteiger partial charge in [0, 0.05) is 12.3 Å². The number of oxime groups is 1. The molecule has 0 bridgehead atoms. The number of hydrogen-bond acceptors (Lipinski definition) is 3. The molecule has 21 heavy (non-hydrogen) atoms. The van der Waals surface area contributed by atoms with Gasteiger partial charge in [-0.25, -0.2) is 4.99 Å². The Balaban J connectivity index is 1.89. The van der Waals surface area contributed by atoms with Crippen LogP contribution in [0.25, 0.3) is 0 Å². The molecule has 2 aliphatic rings. The largest absolute Gasteiger partial charge is 0.335 e. The Hall–Kier alpha value is -1.06. The van der Waals surface area contributed by atoms with Crippen LogP contribution in [-0.2, 0) is 4.84 Å². The van der Waals surface area contributed by atoms with Crippen LogP contribution in [0.4, 0.5) is 0 Å². The summed E-state index contributed by atoms with van der Waals surface area (Å²) in [5.41, 5.74) is 0. The van der Waals surface area contributed by atoms with Gasteiger partial charge < -0.3 is 10.2 Å². The number of unbranched alkanes of at least 4 members (excludes halogenated alkanes) is 1. The summed E-state index contributed by atoms with van der Waals surface area (Å²) in [5, 5.41) is 7.57. The topological polar surface area (TPSA) is 46.0 Å². The van der Waals surface area contributed by atoms with E-state index in [9.17, 15) is 0 Å². The van der Waals surface area contributed by atoms with E-state index < -0.39 is 0 Å². The van der Waals surface area contributed by atoms with E-state index in [0.717, 1.165) is 12.8 Å². The Bertz CT molecular complexity index is 329. The molecule has 2 aliphatic carbocycles. The molecular formula is C17H31N3O. The van der Waals surface area contributed by atoms with Crippen molar-refractivity contribution in [3.05, 3.63) is 0 Å². The fourth-order valence-electron chi connectivity index (χ4n) is 3.15. The van der Waals surface area contributed by atoms with Crippen LogP contribution in [0.2, 0.25) is 0 Å². The zero-order valence-electron chi connectivity index (χ0n) is 13.5. The highest BCUT2D eigenvalue weighted by Gasteiger charge is 2.18. The average Bonchev–Trinajstić information content (AvgIpc) is 2.53. The third-order valence-corrected chi connectivity index (χ3v) is 4.44. The van der Waals surface area contributed by atoms with Gasteiger partial charge in [-0.2, -0.15) is 0 Å². The lowest BCUT2D eigenvalue weighted by Gasteiger charge is -2.24. The predicted molar refractivity (Wildman–Crippen MR) is 88.8 cm³/mol. The fourth-order valence-corrected chi connectivity index (χ4v) is 3.15. The molecule has 4 heteroatoms. The molecule has 120 valence electrons. The minimum atomic E-state index is 0.422. The van der Waals surface area contributed by atoms with E-state index in [-0.39, 0.29) is 0 Å². The number of amidine groups is 1. The zero-order valence-corrected chi connectivity index (χ0v) is 13.5. The van der Waals surface area contributed by atoms with Gasteiger partial charge in [0.05, 0.1) is 6.04 Å². The van der Waals surface area contributed by atoms with Gasteiger partial charge in [-0.05, 0) is 32.1 Å². The Kier molecular flexibility index (Phi) is 7.61. The van der Waals surface area contributed by atoms with E-state index >= 15 is 0 Å². The van der Waals surface area contributed by atoms with Crippen molar-refractivity contribution in [2.45, 2.75) is 96.1 Å². The molecule has 2 fully saturated rings. The molecule has 0 aromatic carbocycles. The second kappa shape index (κ2) is 9.80. The first-order valence-corrected chi connectivity index (χ1v) is 8.91. The Labute approximate surface area is 129 Å². The van der Waals surface area contributed by atoms with E-state index in [1.165, 1.54) is 64.2 Å². The van der Waals surface area contributed by atoms with E-state index in [1.807, 2.05) is 6.21 Å². The molecule has 0 amide bonds. The molecule has 0 spiro atoms. The summed E-state index contributed by atoms with van der Waals surface area (Å²) < 4.78 is 0. The summed E-state index contributed by atoms with van der Waals surface area (Å²) in [4.78, 5) is 10.4. The molecular weight excluding hydrogens is 262 g/mol. The first-order chi connectivity index (χ1) is 10.4. The van der Waals surface area contributed by atoms with Crippen molar-refractivity contribution in [2.24, 2.45) is 10.1 Å². The first kappa shape index (κ1) is 16.3. The molecule has 0 aliphatic heterocycles. The van der Waals surface area contributed by atoms with Gasteiger partial charge in [0.1, 0.15) is 0 Å². The van der Waals surface area contributed by atoms with Crippen molar-refractivity contribution >= 4 is 12.2 Å². The quantitative estimate of drug-likeness (QED) is 0.464. The Morgan fingerprint density at radius 3 is 2.38 bits per heavy atom. The summed E-state index contributed by atoms with van der Waals surface area (Å²) >= 11 is 0. The molecule has 2 rings (SSSR count). The molecule has 0 radical (unpaired) electrons. The van der Waals surface area contributed by atoms with Crippen LogP contribution >= 0.6 is 0 Å². The van der Waals surface area contributed by atoms with Crippen LogP contribution in [-0.4, -0.2) is 24.3 Å². The molecule has 1 N–H and O–H groups in total. The molecule has 4 nitrogen and oxygen atoms in total. The monoisotopic (exact) mass is 293 g/mol. The van der Waals surface area contributed by atoms with Crippen LogP contribution in [0, 0.1) is 0 Å². The SMILES string of the molecule is CCCC=NOC(=NC1CCCCC1)NC1CCCCC1. The van der Waals surface area contributed by atoms with E-state index in [0.29, 0.717) is 18.1 Å². The lowest BCUT2D eigenvalue weighted by Crippen LogP contribution is -2.38. The maximum Gasteiger partial charge on any atom is 0.315 e. The van der Waals surface area contributed by atoms with Crippen LogP contribution in [0.3, 0.4) is 0 Å². The number of hydrogen-bond donors (Lipinski definition) is 1. The highest BCUT2D eigenvalue weighted by Crippen LogP contribution is 2.21. The van der Waals surface area contributed by atoms with E-state index in [1.54, 1.807) is 0 Å². The zero-order chi connectivity index (χ0) is 14.8. The minimum absolute atomic E-state index is 0.422. The van der Waals surface area contributed by atoms with Gasteiger partial charge in [0.2, 0.25) is 0 Å². The van der Waals surface area contributed by atoms with Crippen molar-refractivity contribution in [1.29, 1.82) is 0 Å². The standard InChI is InChI=1S/C17H31N3O/c1-2-3-14-18-21-17(19-15-10-6-4-7-11-15)20-16-12-8-5-9-13-16/h14-16H,2-13H2,1H3,(H,19,20). The van der Waals surface area contributed by atoms with Crippen molar-refractivity contribution in [3.8, 4) is 0 Å². The van der Waals surface area contributed by atoms with Gasteiger partial charge in [-0.15, -0.1) is 0 Å². The highest BCUT2D eigenvalue weighted by molar-refractivity contribution is 5.74. The van der Waals surface area contributed by atoms with Gasteiger partial charge in [-0.1, -0.05) is 57.0 Å². The van der Waals surface area contributed by atoms with Crippen LogP contribution in [0.1, 0.15) is 84.0 Å². The second-order valence-electron chi connectivity index (χ2n) is 6.37. The fraction of sp³-hybridized carbons (Fsp3) is 0.882. The molecule has 2 saturated carbocycles. The third kappa shape index (κ3) is 6.49. The maximum atomic E-state index is 5.56. The summed E-state index contributed by atoms with van der Waals surface area (Å²) in [5.74, 6) is 0.